The minimum atomic E-state index is 0.690. The van der Waals surface area contributed by atoms with Gasteiger partial charge in [0.15, 0.2) is 0 Å². The molecule has 0 radical (unpaired) electrons. The van der Waals surface area contributed by atoms with Gasteiger partial charge in [0.05, 0.1) is 0 Å². The Morgan fingerprint density at radius 2 is 1.12 bits per heavy atom. The molecule has 1 aliphatic rings. The summed E-state index contributed by atoms with van der Waals surface area (Å²) in [6.45, 7) is 9.33. The van der Waals surface area contributed by atoms with Gasteiger partial charge in [0.2, 0.25) is 0 Å². The highest BCUT2D eigenvalue weighted by Crippen LogP contribution is 2.30. The molecule has 2 atom stereocenters. The van der Waals surface area contributed by atoms with E-state index in [4.69, 9.17) is 0 Å². The van der Waals surface area contributed by atoms with Gasteiger partial charge >= 0.3 is 0 Å². The summed E-state index contributed by atoms with van der Waals surface area (Å²) >= 11 is 0. The first-order chi connectivity index (χ1) is 7.59. The SMILES string of the molecule is CC(C)C1C=c2ccccc2=CC1C(C)C. The molecule has 2 unspecified atom stereocenters. The van der Waals surface area contributed by atoms with Gasteiger partial charge in [0, 0.05) is 0 Å². The number of hydrogen-bond donors (Lipinski definition) is 0. The Kier molecular flexibility index (Phi) is 3.18. The number of rotatable bonds is 2. The zero-order valence-corrected chi connectivity index (χ0v) is 10.8. The number of fused-ring (bicyclic) bond motifs is 1. The highest BCUT2D eigenvalue weighted by atomic mass is 14.3. The molecule has 0 aliphatic heterocycles. The monoisotopic (exact) mass is 214 g/mol. The molecule has 86 valence electrons. The summed E-state index contributed by atoms with van der Waals surface area (Å²) < 4.78 is 0. The Bertz CT molecular complexity index is 420. The fourth-order valence-electron chi connectivity index (χ4n) is 2.73. The lowest BCUT2D eigenvalue weighted by Gasteiger charge is -2.30. The number of benzene rings is 1. The second-order valence-corrected chi connectivity index (χ2v) is 5.60. The molecule has 0 N–H and O–H groups in total. The van der Waals surface area contributed by atoms with Crippen molar-refractivity contribution in [1.29, 1.82) is 0 Å². The summed E-state index contributed by atoms with van der Waals surface area (Å²) in [6.07, 6.45) is 4.95. The molecule has 0 spiro atoms. The molecule has 0 nitrogen and oxygen atoms in total. The molecule has 1 aromatic rings. The first-order valence-electron chi connectivity index (χ1n) is 6.38. The van der Waals surface area contributed by atoms with Crippen LogP contribution in [-0.2, 0) is 0 Å². The highest BCUT2D eigenvalue weighted by Gasteiger charge is 2.25. The topological polar surface area (TPSA) is 0 Å². The van der Waals surface area contributed by atoms with Gasteiger partial charge in [0.25, 0.3) is 0 Å². The van der Waals surface area contributed by atoms with Crippen LogP contribution in [0.15, 0.2) is 24.3 Å². The standard InChI is InChI=1S/C16H22/c1-11(2)15-9-13-7-5-6-8-14(13)10-16(15)12(3)4/h5-12,15-16H,1-4H3. The third-order valence-electron chi connectivity index (χ3n) is 3.72. The van der Waals surface area contributed by atoms with E-state index in [0.29, 0.717) is 11.8 Å². The molecule has 0 saturated heterocycles. The van der Waals surface area contributed by atoms with Crippen molar-refractivity contribution >= 4 is 12.2 Å². The van der Waals surface area contributed by atoms with Crippen LogP contribution in [0.4, 0.5) is 0 Å². The van der Waals surface area contributed by atoms with Gasteiger partial charge in [-0.15, -0.1) is 0 Å². The van der Waals surface area contributed by atoms with Crippen molar-refractivity contribution in [2.45, 2.75) is 27.7 Å². The fourth-order valence-corrected chi connectivity index (χ4v) is 2.73. The van der Waals surface area contributed by atoms with E-state index < -0.39 is 0 Å². The summed E-state index contributed by atoms with van der Waals surface area (Å²) in [5.41, 5.74) is 0. The number of hydrogen-bond acceptors (Lipinski definition) is 0. The molecule has 16 heavy (non-hydrogen) atoms. The maximum Gasteiger partial charge on any atom is -0.0135 e. The predicted octanol–water partition coefficient (Wildman–Crippen LogP) is 2.81. The van der Waals surface area contributed by atoms with Crippen LogP contribution in [0.1, 0.15) is 27.7 Å². The lowest BCUT2D eigenvalue weighted by Crippen LogP contribution is -2.36. The molecule has 0 heteroatoms. The van der Waals surface area contributed by atoms with Crippen LogP contribution in [0.3, 0.4) is 0 Å². The van der Waals surface area contributed by atoms with Crippen molar-refractivity contribution in [3.63, 3.8) is 0 Å². The van der Waals surface area contributed by atoms with Gasteiger partial charge in [-0.3, -0.25) is 0 Å². The van der Waals surface area contributed by atoms with Gasteiger partial charge in [0.1, 0.15) is 0 Å². The maximum atomic E-state index is 2.48. The van der Waals surface area contributed by atoms with E-state index in [1.165, 1.54) is 10.4 Å². The molecular formula is C16H22. The molecule has 1 aliphatic carbocycles. The molecule has 0 amide bonds. The van der Waals surface area contributed by atoms with E-state index in [0.717, 1.165) is 11.8 Å². The summed E-state index contributed by atoms with van der Waals surface area (Å²) in [7, 11) is 0. The third kappa shape index (κ3) is 2.07. The Morgan fingerprint density at radius 1 is 0.750 bits per heavy atom. The highest BCUT2D eigenvalue weighted by molar-refractivity contribution is 5.43. The van der Waals surface area contributed by atoms with Gasteiger partial charge < -0.3 is 0 Å². The lowest BCUT2D eigenvalue weighted by molar-refractivity contribution is 0.325. The van der Waals surface area contributed by atoms with E-state index in [9.17, 15) is 0 Å². The average molecular weight is 214 g/mol. The summed E-state index contributed by atoms with van der Waals surface area (Å²) in [6, 6.07) is 8.74. The van der Waals surface area contributed by atoms with Gasteiger partial charge in [-0.05, 0) is 34.1 Å². The Labute approximate surface area is 98.7 Å². The van der Waals surface area contributed by atoms with Crippen molar-refractivity contribution in [2.24, 2.45) is 23.7 Å². The first-order valence-corrected chi connectivity index (χ1v) is 6.38. The van der Waals surface area contributed by atoms with Crippen molar-refractivity contribution in [2.75, 3.05) is 0 Å². The van der Waals surface area contributed by atoms with Crippen molar-refractivity contribution in [1.82, 2.24) is 0 Å². The molecule has 2 rings (SSSR count). The van der Waals surface area contributed by atoms with Gasteiger partial charge in [-0.25, -0.2) is 0 Å². The molecule has 0 fully saturated rings. The minimum absolute atomic E-state index is 0.690. The Morgan fingerprint density at radius 3 is 1.44 bits per heavy atom. The van der Waals surface area contributed by atoms with Crippen molar-refractivity contribution in [3.05, 3.63) is 34.7 Å². The zero-order valence-electron chi connectivity index (χ0n) is 10.8. The van der Waals surface area contributed by atoms with Crippen LogP contribution in [-0.4, -0.2) is 0 Å². The van der Waals surface area contributed by atoms with Crippen LogP contribution >= 0.6 is 0 Å². The first kappa shape index (κ1) is 11.4. The summed E-state index contributed by atoms with van der Waals surface area (Å²) in [5.74, 6) is 2.82. The summed E-state index contributed by atoms with van der Waals surface area (Å²) in [5, 5.41) is 2.83. The van der Waals surface area contributed by atoms with Crippen LogP contribution in [0, 0.1) is 23.7 Å². The molecule has 0 aromatic heterocycles. The normalized spacial score (nSPS) is 23.9. The molecule has 0 saturated carbocycles. The van der Waals surface area contributed by atoms with Crippen LogP contribution in [0.5, 0.6) is 0 Å². The summed E-state index contributed by atoms with van der Waals surface area (Å²) in [4.78, 5) is 0. The van der Waals surface area contributed by atoms with E-state index in [1.54, 1.807) is 0 Å². The molecule has 0 heterocycles. The van der Waals surface area contributed by atoms with E-state index in [2.05, 4.69) is 64.1 Å². The third-order valence-corrected chi connectivity index (χ3v) is 3.72. The predicted molar refractivity (Wildman–Crippen MR) is 71.3 cm³/mol. The average Bonchev–Trinajstić information content (AvgIpc) is 2.27. The van der Waals surface area contributed by atoms with E-state index >= 15 is 0 Å². The zero-order chi connectivity index (χ0) is 11.7. The van der Waals surface area contributed by atoms with Crippen LogP contribution < -0.4 is 10.4 Å². The minimum Gasteiger partial charge on any atom is -0.0727 e. The fraction of sp³-hybridized carbons (Fsp3) is 0.500. The largest absolute Gasteiger partial charge is 0.0727 e. The van der Waals surface area contributed by atoms with Crippen LogP contribution in [0.2, 0.25) is 0 Å². The van der Waals surface area contributed by atoms with Crippen molar-refractivity contribution < 1.29 is 0 Å². The van der Waals surface area contributed by atoms with Crippen molar-refractivity contribution in [3.8, 4) is 0 Å². The molecular weight excluding hydrogens is 192 g/mol. The quantitative estimate of drug-likeness (QED) is 0.710. The molecule has 0 bridgehead atoms. The molecule has 1 aromatic carbocycles. The smallest absolute Gasteiger partial charge is 0.0135 e. The Balaban J connectivity index is 2.54. The lowest BCUT2D eigenvalue weighted by atomic mass is 9.74. The second kappa shape index (κ2) is 4.45. The van der Waals surface area contributed by atoms with Crippen LogP contribution in [0.25, 0.3) is 12.2 Å². The maximum absolute atomic E-state index is 2.48. The van der Waals surface area contributed by atoms with E-state index in [1.807, 2.05) is 0 Å². The Hall–Kier alpha value is -1.04. The second-order valence-electron chi connectivity index (χ2n) is 5.60. The van der Waals surface area contributed by atoms with Gasteiger partial charge in [-0.1, -0.05) is 64.1 Å². The van der Waals surface area contributed by atoms with E-state index in [-0.39, 0.29) is 0 Å². The van der Waals surface area contributed by atoms with Gasteiger partial charge in [-0.2, -0.15) is 0 Å².